The number of likely N-dealkylation sites (tertiary alicyclic amines) is 1. The first kappa shape index (κ1) is 16.4. The van der Waals surface area contributed by atoms with E-state index in [2.05, 4.69) is 9.97 Å². The molecule has 1 N–H and O–H groups in total. The molecule has 2 atom stereocenters. The van der Waals surface area contributed by atoms with Gasteiger partial charge in [0, 0.05) is 12.2 Å². The molecule has 1 aliphatic rings. The van der Waals surface area contributed by atoms with Crippen molar-refractivity contribution in [3.05, 3.63) is 53.1 Å². The van der Waals surface area contributed by atoms with Crippen LogP contribution < -0.4 is 4.74 Å². The number of rotatable bonds is 3. The third-order valence-corrected chi connectivity index (χ3v) is 4.20. The van der Waals surface area contributed by atoms with E-state index >= 15 is 0 Å². The number of nitrogens with zero attached hydrogens (tertiary/aromatic N) is 3. The van der Waals surface area contributed by atoms with Gasteiger partial charge in [0.1, 0.15) is 17.3 Å². The van der Waals surface area contributed by atoms with E-state index in [0.717, 1.165) is 17.0 Å². The highest BCUT2D eigenvalue weighted by molar-refractivity contribution is 5.93. The average Bonchev–Trinajstić information content (AvgIpc) is 2.95. The third kappa shape index (κ3) is 3.23. The quantitative estimate of drug-likeness (QED) is 0.934. The summed E-state index contributed by atoms with van der Waals surface area (Å²) in [5, 5.41) is 10.1. The Morgan fingerprint density at radius 3 is 2.79 bits per heavy atom. The van der Waals surface area contributed by atoms with Crippen LogP contribution in [0.5, 0.6) is 5.75 Å². The summed E-state index contributed by atoms with van der Waals surface area (Å²) in [6.07, 6.45) is -0.0451. The highest BCUT2D eigenvalue weighted by Crippen LogP contribution is 2.34. The number of aliphatic hydroxyl groups excluding tert-OH is 1. The Morgan fingerprint density at radius 2 is 2.08 bits per heavy atom. The SMILES string of the molecule is COc1cccc([C@H]2C[C@H](O)CN2C(=O)c2cc(C)nc(C)n2)c1. The van der Waals surface area contributed by atoms with Gasteiger partial charge in [0.2, 0.25) is 0 Å². The van der Waals surface area contributed by atoms with Gasteiger partial charge in [0.25, 0.3) is 5.91 Å². The molecule has 6 heteroatoms. The number of β-amino-alcohol motifs (C(OH)–C–C–N with tert-alkyl or cyclic N) is 1. The Hall–Kier alpha value is -2.47. The number of aryl methyl sites for hydroxylation is 2. The van der Waals surface area contributed by atoms with Crippen molar-refractivity contribution in [2.45, 2.75) is 32.4 Å². The molecule has 1 aromatic heterocycles. The number of hydrogen-bond acceptors (Lipinski definition) is 5. The molecule has 6 nitrogen and oxygen atoms in total. The van der Waals surface area contributed by atoms with Gasteiger partial charge >= 0.3 is 0 Å². The summed E-state index contributed by atoms with van der Waals surface area (Å²) in [4.78, 5) is 23.1. The van der Waals surface area contributed by atoms with E-state index < -0.39 is 6.10 Å². The van der Waals surface area contributed by atoms with Gasteiger partial charge < -0.3 is 14.7 Å². The monoisotopic (exact) mass is 327 g/mol. The van der Waals surface area contributed by atoms with E-state index in [1.54, 1.807) is 25.0 Å². The Morgan fingerprint density at radius 1 is 1.29 bits per heavy atom. The number of benzene rings is 1. The first-order valence-electron chi connectivity index (χ1n) is 7.93. The first-order valence-corrected chi connectivity index (χ1v) is 7.93. The normalized spacial score (nSPS) is 20.2. The number of aliphatic hydroxyl groups is 1. The molecule has 0 spiro atoms. The molecule has 24 heavy (non-hydrogen) atoms. The summed E-state index contributed by atoms with van der Waals surface area (Å²) < 4.78 is 5.27. The zero-order valence-corrected chi connectivity index (χ0v) is 14.1. The highest BCUT2D eigenvalue weighted by atomic mass is 16.5. The number of carbonyl (C=O) groups is 1. The fourth-order valence-corrected chi connectivity index (χ4v) is 3.18. The van der Waals surface area contributed by atoms with Crippen LogP contribution in [0.25, 0.3) is 0 Å². The molecule has 1 fully saturated rings. The minimum atomic E-state index is -0.547. The van der Waals surface area contributed by atoms with Crippen molar-refractivity contribution in [2.75, 3.05) is 13.7 Å². The lowest BCUT2D eigenvalue weighted by Crippen LogP contribution is -2.32. The van der Waals surface area contributed by atoms with Crippen LogP contribution in [0.3, 0.4) is 0 Å². The molecule has 2 aromatic rings. The Labute approximate surface area is 141 Å². The summed E-state index contributed by atoms with van der Waals surface area (Å²) in [6.45, 7) is 3.90. The zero-order chi connectivity index (χ0) is 17.3. The van der Waals surface area contributed by atoms with E-state index in [9.17, 15) is 9.90 Å². The van der Waals surface area contributed by atoms with Gasteiger partial charge in [-0.15, -0.1) is 0 Å². The van der Waals surface area contributed by atoms with E-state index in [1.807, 2.05) is 31.2 Å². The molecule has 3 rings (SSSR count). The number of aromatic nitrogens is 2. The third-order valence-electron chi connectivity index (χ3n) is 4.20. The lowest BCUT2D eigenvalue weighted by Gasteiger charge is -2.25. The summed E-state index contributed by atoms with van der Waals surface area (Å²) in [6, 6.07) is 9.08. The van der Waals surface area contributed by atoms with Crippen molar-refractivity contribution in [3.63, 3.8) is 0 Å². The van der Waals surface area contributed by atoms with Gasteiger partial charge in [-0.3, -0.25) is 4.79 Å². The standard InChI is InChI=1S/C18H21N3O3/c1-11-7-16(20-12(2)19-11)18(23)21-10-14(22)9-17(21)13-5-4-6-15(8-13)24-3/h4-8,14,17,22H,9-10H2,1-3H3/t14-,17+/m0/s1. The van der Waals surface area contributed by atoms with Crippen LogP contribution in [0.2, 0.25) is 0 Å². The molecule has 1 aromatic carbocycles. The van der Waals surface area contributed by atoms with Gasteiger partial charge in [-0.2, -0.15) is 0 Å². The molecular formula is C18H21N3O3. The predicted octanol–water partition coefficient (Wildman–Crippen LogP) is 2.05. The van der Waals surface area contributed by atoms with Crippen molar-refractivity contribution >= 4 is 5.91 Å². The number of methoxy groups -OCH3 is 1. The molecule has 0 unspecified atom stereocenters. The maximum Gasteiger partial charge on any atom is 0.273 e. The van der Waals surface area contributed by atoms with Gasteiger partial charge in [-0.05, 0) is 44.0 Å². The summed E-state index contributed by atoms with van der Waals surface area (Å²) in [5.74, 6) is 1.11. The van der Waals surface area contributed by atoms with Crippen molar-refractivity contribution < 1.29 is 14.6 Å². The summed E-state index contributed by atoms with van der Waals surface area (Å²) in [7, 11) is 1.61. The fraction of sp³-hybridized carbons (Fsp3) is 0.389. The maximum atomic E-state index is 12.9. The van der Waals surface area contributed by atoms with Crippen LogP contribution >= 0.6 is 0 Å². The molecule has 2 heterocycles. The molecule has 0 bridgehead atoms. The second kappa shape index (κ2) is 6.57. The largest absolute Gasteiger partial charge is 0.497 e. The lowest BCUT2D eigenvalue weighted by molar-refractivity contribution is 0.0709. The predicted molar refractivity (Wildman–Crippen MR) is 88.9 cm³/mol. The topological polar surface area (TPSA) is 75.6 Å². The number of carbonyl (C=O) groups excluding carboxylic acids is 1. The zero-order valence-electron chi connectivity index (χ0n) is 14.1. The van der Waals surface area contributed by atoms with Crippen LogP contribution in [0, 0.1) is 13.8 Å². The minimum Gasteiger partial charge on any atom is -0.497 e. The number of ether oxygens (including phenoxy) is 1. The molecule has 1 saturated heterocycles. The van der Waals surface area contributed by atoms with Gasteiger partial charge in [-0.1, -0.05) is 12.1 Å². The van der Waals surface area contributed by atoms with Crippen LogP contribution in [0.4, 0.5) is 0 Å². The van der Waals surface area contributed by atoms with Crippen LogP contribution in [0.1, 0.15) is 40.0 Å². The molecule has 0 saturated carbocycles. The second-order valence-corrected chi connectivity index (χ2v) is 6.08. The molecule has 126 valence electrons. The molecule has 0 aliphatic carbocycles. The van der Waals surface area contributed by atoms with E-state index in [4.69, 9.17) is 4.74 Å². The van der Waals surface area contributed by atoms with E-state index in [-0.39, 0.29) is 11.9 Å². The summed E-state index contributed by atoms with van der Waals surface area (Å²) >= 11 is 0. The minimum absolute atomic E-state index is 0.187. The fourth-order valence-electron chi connectivity index (χ4n) is 3.18. The number of hydrogen-bond donors (Lipinski definition) is 1. The molecule has 1 aliphatic heterocycles. The van der Waals surface area contributed by atoms with E-state index in [0.29, 0.717) is 24.5 Å². The van der Waals surface area contributed by atoms with Crippen molar-refractivity contribution in [3.8, 4) is 5.75 Å². The molecular weight excluding hydrogens is 306 g/mol. The Kier molecular flexibility index (Phi) is 4.49. The van der Waals surface area contributed by atoms with Crippen molar-refractivity contribution in [1.29, 1.82) is 0 Å². The van der Waals surface area contributed by atoms with Crippen LogP contribution in [0.15, 0.2) is 30.3 Å². The summed E-state index contributed by atoms with van der Waals surface area (Å²) in [5.41, 5.74) is 2.06. The van der Waals surface area contributed by atoms with Gasteiger partial charge in [0.15, 0.2) is 0 Å². The highest BCUT2D eigenvalue weighted by Gasteiger charge is 2.36. The second-order valence-electron chi connectivity index (χ2n) is 6.08. The number of amides is 1. The van der Waals surface area contributed by atoms with Crippen molar-refractivity contribution in [1.82, 2.24) is 14.9 Å². The molecule has 0 radical (unpaired) electrons. The van der Waals surface area contributed by atoms with Gasteiger partial charge in [0.05, 0.1) is 19.3 Å². The maximum absolute atomic E-state index is 12.9. The van der Waals surface area contributed by atoms with Crippen LogP contribution in [-0.2, 0) is 0 Å². The Balaban J connectivity index is 1.93. The van der Waals surface area contributed by atoms with E-state index in [1.165, 1.54) is 0 Å². The molecule has 1 amide bonds. The average molecular weight is 327 g/mol. The first-order chi connectivity index (χ1) is 11.5. The Bertz CT molecular complexity index is 743. The van der Waals surface area contributed by atoms with Crippen molar-refractivity contribution in [2.24, 2.45) is 0 Å². The van der Waals surface area contributed by atoms with Gasteiger partial charge in [-0.25, -0.2) is 9.97 Å². The van der Waals surface area contributed by atoms with Crippen LogP contribution in [-0.4, -0.2) is 45.6 Å². The lowest BCUT2D eigenvalue weighted by atomic mass is 10.0. The smallest absolute Gasteiger partial charge is 0.273 e.